The summed E-state index contributed by atoms with van der Waals surface area (Å²) in [5.41, 5.74) is 6.47. The molecule has 126 valence electrons. The maximum Gasteiger partial charge on any atom is 0.237 e. The number of methoxy groups -OCH3 is 1. The number of nitrogens with zero attached hydrogens (tertiary/aromatic N) is 1. The Hall–Kier alpha value is -2.08. The summed E-state index contributed by atoms with van der Waals surface area (Å²) < 4.78 is 5.12. The van der Waals surface area contributed by atoms with Gasteiger partial charge in [-0.3, -0.25) is 14.5 Å². The molecule has 6 heteroatoms. The van der Waals surface area contributed by atoms with Crippen molar-refractivity contribution in [2.24, 2.45) is 11.7 Å². The number of hydrogen-bond donors (Lipinski definition) is 2. The van der Waals surface area contributed by atoms with Crippen molar-refractivity contribution in [2.45, 2.75) is 25.8 Å². The zero-order chi connectivity index (χ0) is 16.8. The van der Waals surface area contributed by atoms with E-state index < -0.39 is 0 Å². The second-order valence-electron chi connectivity index (χ2n) is 5.95. The number of nitrogens with one attached hydrogen (secondary N) is 1. The Bertz CT molecular complexity index is 545. The van der Waals surface area contributed by atoms with E-state index in [1.165, 1.54) is 0 Å². The number of rotatable bonds is 7. The van der Waals surface area contributed by atoms with Crippen LogP contribution in [0.25, 0.3) is 0 Å². The van der Waals surface area contributed by atoms with Crippen LogP contribution in [0.2, 0.25) is 0 Å². The highest BCUT2D eigenvalue weighted by molar-refractivity contribution is 5.82. The first-order valence-corrected chi connectivity index (χ1v) is 7.95. The van der Waals surface area contributed by atoms with Crippen LogP contribution in [0.1, 0.15) is 18.9 Å². The second kappa shape index (κ2) is 7.97. The lowest BCUT2D eigenvalue weighted by Crippen LogP contribution is -2.45. The van der Waals surface area contributed by atoms with Gasteiger partial charge in [0, 0.05) is 13.1 Å². The zero-order valence-electron chi connectivity index (χ0n) is 13.7. The summed E-state index contributed by atoms with van der Waals surface area (Å²) in [4.78, 5) is 25.4. The van der Waals surface area contributed by atoms with E-state index in [-0.39, 0.29) is 23.8 Å². The maximum atomic E-state index is 12.2. The molecule has 1 aromatic rings. The van der Waals surface area contributed by atoms with Gasteiger partial charge in [-0.15, -0.1) is 0 Å². The molecule has 1 fully saturated rings. The van der Waals surface area contributed by atoms with Gasteiger partial charge >= 0.3 is 0 Å². The smallest absolute Gasteiger partial charge is 0.237 e. The highest BCUT2D eigenvalue weighted by Crippen LogP contribution is 2.18. The molecule has 2 amide bonds. The van der Waals surface area contributed by atoms with Crippen molar-refractivity contribution in [1.29, 1.82) is 0 Å². The van der Waals surface area contributed by atoms with Gasteiger partial charge in [-0.25, -0.2) is 0 Å². The molecular weight excluding hydrogens is 294 g/mol. The fourth-order valence-corrected chi connectivity index (χ4v) is 2.81. The minimum atomic E-state index is -0.278. The second-order valence-corrected chi connectivity index (χ2v) is 5.95. The van der Waals surface area contributed by atoms with Crippen molar-refractivity contribution < 1.29 is 14.3 Å². The molecule has 0 spiro atoms. The first kappa shape index (κ1) is 17.3. The Balaban J connectivity index is 1.74. The van der Waals surface area contributed by atoms with Gasteiger partial charge in [-0.2, -0.15) is 0 Å². The minimum absolute atomic E-state index is 0.0105. The van der Waals surface area contributed by atoms with E-state index in [1.807, 2.05) is 36.1 Å². The van der Waals surface area contributed by atoms with E-state index in [1.54, 1.807) is 7.11 Å². The Morgan fingerprint density at radius 3 is 2.65 bits per heavy atom. The van der Waals surface area contributed by atoms with Gasteiger partial charge in [-0.1, -0.05) is 12.1 Å². The van der Waals surface area contributed by atoms with Crippen molar-refractivity contribution >= 4 is 11.8 Å². The summed E-state index contributed by atoms with van der Waals surface area (Å²) in [6.45, 7) is 3.76. The van der Waals surface area contributed by atoms with E-state index in [4.69, 9.17) is 10.5 Å². The van der Waals surface area contributed by atoms with Gasteiger partial charge in [0.2, 0.25) is 11.8 Å². The normalized spacial score (nSPS) is 19.3. The Morgan fingerprint density at radius 2 is 2.09 bits per heavy atom. The minimum Gasteiger partial charge on any atom is -0.497 e. The molecule has 0 saturated carbocycles. The third kappa shape index (κ3) is 4.69. The molecule has 2 rings (SSSR count). The van der Waals surface area contributed by atoms with Gasteiger partial charge in [-0.05, 0) is 44.0 Å². The summed E-state index contributed by atoms with van der Waals surface area (Å²) in [6.07, 6.45) is 1.51. The molecule has 0 unspecified atom stereocenters. The number of amides is 2. The largest absolute Gasteiger partial charge is 0.497 e. The van der Waals surface area contributed by atoms with Gasteiger partial charge < -0.3 is 15.8 Å². The van der Waals surface area contributed by atoms with E-state index >= 15 is 0 Å². The van der Waals surface area contributed by atoms with Crippen LogP contribution >= 0.6 is 0 Å². The van der Waals surface area contributed by atoms with E-state index in [9.17, 15) is 9.59 Å². The topological polar surface area (TPSA) is 84.7 Å². The van der Waals surface area contributed by atoms with E-state index in [2.05, 4.69) is 5.32 Å². The molecule has 6 nitrogen and oxygen atoms in total. The molecular formula is C17H25N3O3. The number of primary amides is 1. The lowest BCUT2D eigenvalue weighted by Gasteiger charge is -2.23. The molecule has 0 radical (unpaired) electrons. The number of carbonyl (C=O) groups excluding carboxylic acids is 2. The summed E-state index contributed by atoms with van der Waals surface area (Å²) in [6, 6.07) is 7.57. The summed E-state index contributed by atoms with van der Waals surface area (Å²) in [5, 5.41) is 2.95. The molecule has 0 aromatic heterocycles. The number of benzene rings is 1. The summed E-state index contributed by atoms with van der Waals surface area (Å²) >= 11 is 0. The van der Waals surface area contributed by atoms with Crippen LogP contribution in [0, 0.1) is 5.92 Å². The van der Waals surface area contributed by atoms with Gasteiger partial charge in [0.15, 0.2) is 0 Å². The lowest BCUT2D eigenvalue weighted by molar-refractivity contribution is -0.126. The van der Waals surface area contributed by atoms with Crippen molar-refractivity contribution in [2.75, 3.05) is 26.7 Å². The lowest BCUT2D eigenvalue weighted by atomic mass is 10.1. The van der Waals surface area contributed by atoms with Gasteiger partial charge in [0.1, 0.15) is 5.75 Å². The fourth-order valence-electron chi connectivity index (χ4n) is 2.81. The van der Waals surface area contributed by atoms with Crippen LogP contribution in [0.15, 0.2) is 24.3 Å². The van der Waals surface area contributed by atoms with E-state index in [0.29, 0.717) is 13.1 Å². The van der Waals surface area contributed by atoms with Crippen LogP contribution in [0.3, 0.4) is 0 Å². The van der Waals surface area contributed by atoms with Crippen molar-refractivity contribution in [3.05, 3.63) is 29.8 Å². The molecule has 1 saturated heterocycles. The highest BCUT2D eigenvalue weighted by Gasteiger charge is 2.31. The monoisotopic (exact) mass is 319 g/mol. The van der Waals surface area contributed by atoms with Crippen LogP contribution in [0.4, 0.5) is 0 Å². The van der Waals surface area contributed by atoms with Crippen molar-refractivity contribution in [1.82, 2.24) is 10.2 Å². The predicted octanol–water partition coefficient (Wildman–Crippen LogP) is 0.550. The Morgan fingerprint density at radius 1 is 1.39 bits per heavy atom. The number of likely N-dealkylation sites (tertiary alicyclic amines) is 1. The molecule has 2 atom stereocenters. The third-order valence-electron chi connectivity index (χ3n) is 4.42. The zero-order valence-corrected chi connectivity index (χ0v) is 13.7. The molecule has 1 aromatic carbocycles. The van der Waals surface area contributed by atoms with E-state index in [0.717, 1.165) is 30.7 Å². The maximum absolute atomic E-state index is 12.2. The highest BCUT2D eigenvalue weighted by atomic mass is 16.5. The molecule has 1 heterocycles. The summed E-state index contributed by atoms with van der Waals surface area (Å²) in [5.74, 6) is 0.400. The standard InChI is InChI=1S/C17H25N3O3/c1-12(20-10-8-14(11-20)16(18)21)17(22)19-9-7-13-3-5-15(23-2)6-4-13/h3-6,12,14H,7-11H2,1-2H3,(H2,18,21)(H,19,22)/t12-,14-/m1/s1. The quantitative estimate of drug-likeness (QED) is 0.769. The Kier molecular flexibility index (Phi) is 5.98. The average molecular weight is 319 g/mol. The number of carbonyl (C=O) groups is 2. The molecule has 1 aliphatic heterocycles. The van der Waals surface area contributed by atoms with Gasteiger partial charge in [0.25, 0.3) is 0 Å². The van der Waals surface area contributed by atoms with Crippen LogP contribution in [-0.4, -0.2) is 49.5 Å². The number of hydrogen-bond acceptors (Lipinski definition) is 4. The van der Waals surface area contributed by atoms with Crippen LogP contribution < -0.4 is 15.8 Å². The van der Waals surface area contributed by atoms with Gasteiger partial charge in [0.05, 0.1) is 19.1 Å². The van der Waals surface area contributed by atoms with Crippen molar-refractivity contribution in [3.63, 3.8) is 0 Å². The molecule has 0 aliphatic carbocycles. The van der Waals surface area contributed by atoms with Crippen LogP contribution in [-0.2, 0) is 16.0 Å². The van der Waals surface area contributed by atoms with Crippen LogP contribution in [0.5, 0.6) is 5.75 Å². The summed E-state index contributed by atoms with van der Waals surface area (Å²) in [7, 11) is 1.64. The first-order valence-electron chi connectivity index (χ1n) is 7.95. The molecule has 1 aliphatic rings. The molecule has 3 N–H and O–H groups in total. The first-order chi connectivity index (χ1) is 11.0. The number of nitrogens with two attached hydrogens (primary N) is 1. The molecule has 23 heavy (non-hydrogen) atoms. The third-order valence-corrected chi connectivity index (χ3v) is 4.42. The average Bonchev–Trinajstić information content (AvgIpc) is 3.05. The molecule has 0 bridgehead atoms. The number of ether oxygens (including phenoxy) is 1. The Labute approximate surface area is 137 Å². The fraction of sp³-hybridized carbons (Fsp3) is 0.529. The predicted molar refractivity (Wildman–Crippen MR) is 88.0 cm³/mol. The van der Waals surface area contributed by atoms with Crippen molar-refractivity contribution in [3.8, 4) is 5.75 Å². The SMILES string of the molecule is COc1ccc(CCNC(=O)[C@@H](C)N2CC[C@@H](C(N)=O)C2)cc1.